The van der Waals surface area contributed by atoms with Gasteiger partial charge in [0.15, 0.2) is 6.79 Å². The molecule has 2 aromatic rings. The van der Waals surface area contributed by atoms with Crippen LogP contribution in [0.3, 0.4) is 0 Å². The molecule has 0 amide bonds. The third-order valence-corrected chi connectivity index (χ3v) is 4.36. The van der Waals surface area contributed by atoms with Crippen molar-refractivity contribution in [1.82, 2.24) is 4.98 Å². The molecule has 170 valence electrons. The lowest BCUT2D eigenvalue weighted by molar-refractivity contribution is -0.348. The van der Waals surface area contributed by atoms with E-state index in [1.165, 1.54) is 0 Å². The summed E-state index contributed by atoms with van der Waals surface area (Å²) in [6.45, 7) is -0.671. The van der Waals surface area contributed by atoms with Crippen LogP contribution in [0.4, 0.5) is 39.5 Å². The summed E-state index contributed by atoms with van der Waals surface area (Å²) in [6.07, 6.45) is -17.2. The number of alkyl halides is 9. The molecule has 13 heteroatoms. The summed E-state index contributed by atoms with van der Waals surface area (Å²) in [7, 11) is 0. The van der Waals surface area contributed by atoms with Gasteiger partial charge in [-0.05, 0) is 41.5 Å². The Morgan fingerprint density at radius 1 is 0.742 bits per heavy atom. The SMILES string of the molecule is FC(F)(F)c1cc(C2CC(c3ccnc(C(F)(F)F)c3)OOCO2)cc(C(F)(F)F)c1. The molecule has 2 heterocycles. The number of benzene rings is 1. The molecule has 0 N–H and O–H groups in total. The lowest BCUT2D eigenvalue weighted by atomic mass is 9.95. The lowest BCUT2D eigenvalue weighted by Crippen LogP contribution is -2.15. The summed E-state index contributed by atoms with van der Waals surface area (Å²) < 4.78 is 123. The molecule has 0 bridgehead atoms. The zero-order valence-electron chi connectivity index (χ0n) is 15.1. The number of rotatable bonds is 2. The van der Waals surface area contributed by atoms with E-state index in [1.54, 1.807) is 0 Å². The third kappa shape index (κ3) is 5.66. The number of pyridine rings is 1. The maximum Gasteiger partial charge on any atom is 0.433 e. The van der Waals surface area contributed by atoms with E-state index in [9.17, 15) is 39.5 Å². The van der Waals surface area contributed by atoms with Crippen LogP contribution in [-0.2, 0) is 33.0 Å². The van der Waals surface area contributed by atoms with E-state index >= 15 is 0 Å². The normalized spacial score (nSPS) is 21.1. The first-order valence-corrected chi connectivity index (χ1v) is 8.47. The van der Waals surface area contributed by atoms with Gasteiger partial charge in [-0.2, -0.15) is 39.5 Å². The van der Waals surface area contributed by atoms with Crippen LogP contribution in [0.5, 0.6) is 0 Å². The Labute approximate surface area is 168 Å². The summed E-state index contributed by atoms with van der Waals surface area (Å²) in [5.74, 6) is 0. The van der Waals surface area contributed by atoms with E-state index < -0.39 is 66.3 Å². The predicted molar refractivity (Wildman–Crippen MR) is 83.9 cm³/mol. The van der Waals surface area contributed by atoms with Gasteiger partial charge in [0.2, 0.25) is 0 Å². The number of nitrogens with zero attached hydrogens (tertiary/aromatic N) is 1. The van der Waals surface area contributed by atoms with Gasteiger partial charge in [-0.25, -0.2) is 9.78 Å². The van der Waals surface area contributed by atoms with E-state index in [0.717, 1.165) is 12.3 Å². The Kier molecular flexibility index (Phi) is 6.22. The van der Waals surface area contributed by atoms with Gasteiger partial charge in [0.25, 0.3) is 0 Å². The average Bonchev–Trinajstić information content (AvgIpc) is 2.92. The second kappa shape index (κ2) is 8.28. The van der Waals surface area contributed by atoms with E-state index in [0.29, 0.717) is 18.2 Å². The van der Waals surface area contributed by atoms with Gasteiger partial charge in [0.05, 0.1) is 17.2 Å². The third-order valence-electron chi connectivity index (χ3n) is 4.36. The molecule has 1 saturated heterocycles. The topological polar surface area (TPSA) is 40.6 Å². The van der Waals surface area contributed by atoms with Crippen LogP contribution < -0.4 is 0 Å². The van der Waals surface area contributed by atoms with Crippen LogP contribution in [0.1, 0.15) is 46.6 Å². The van der Waals surface area contributed by atoms with Gasteiger partial charge in [-0.15, -0.1) is 0 Å². The van der Waals surface area contributed by atoms with E-state index in [1.807, 2.05) is 0 Å². The van der Waals surface area contributed by atoms with Crippen molar-refractivity contribution < 1.29 is 54.0 Å². The molecule has 0 aliphatic carbocycles. The highest BCUT2D eigenvalue weighted by Crippen LogP contribution is 2.41. The molecule has 1 aromatic carbocycles. The standard InChI is InChI=1S/C18H12F9NO3/c19-16(20,21)11-3-10(4-12(6-11)17(22,23)24)13-7-14(31-30-8-29-13)9-1-2-28-15(5-9)18(25,26)27/h1-6,13-14H,7-8H2. The van der Waals surface area contributed by atoms with Crippen molar-refractivity contribution in [3.8, 4) is 0 Å². The van der Waals surface area contributed by atoms with Gasteiger partial charge >= 0.3 is 18.5 Å². The van der Waals surface area contributed by atoms with Crippen LogP contribution in [-0.4, -0.2) is 11.8 Å². The molecular weight excluding hydrogens is 449 g/mol. The van der Waals surface area contributed by atoms with Crippen molar-refractivity contribution in [2.24, 2.45) is 0 Å². The number of hydrogen-bond donors (Lipinski definition) is 0. The Morgan fingerprint density at radius 3 is 1.90 bits per heavy atom. The summed E-state index contributed by atoms with van der Waals surface area (Å²) in [5.41, 5.74) is -4.93. The molecule has 3 rings (SSSR count). The van der Waals surface area contributed by atoms with Crippen LogP contribution in [0.2, 0.25) is 0 Å². The molecule has 1 fully saturated rings. The highest BCUT2D eigenvalue weighted by Gasteiger charge is 2.39. The minimum absolute atomic E-state index is 0.0385. The van der Waals surface area contributed by atoms with E-state index in [4.69, 9.17) is 9.62 Å². The minimum Gasteiger partial charge on any atom is -0.344 e. The minimum atomic E-state index is -5.07. The van der Waals surface area contributed by atoms with Crippen LogP contribution in [0.15, 0.2) is 36.5 Å². The van der Waals surface area contributed by atoms with Gasteiger partial charge in [-0.3, -0.25) is 4.98 Å². The van der Waals surface area contributed by atoms with Gasteiger partial charge in [0.1, 0.15) is 11.8 Å². The lowest BCUT2D eigenvalue weighted by Gasteiger charge is -2.21. The monoisotopic (exact) mass is 461 g/mol. The number of aromatic nitrogens is 1. The second-order valence-corrected chi connectivity index (χ2v) is 6.52. The molecule has 0 spiro atoms. The molecule has 2 atom stereocenters. The smallest absolute Gasteiger partial charge is 0.344 e. The van der Waals surface area contributed by atoms with Crippen molar-refractivity contribution in [3.05, 3.63) is 64.5 Å². The number of hydrogen-bond acceptors (Lipinski definition) is 4. The summed E-state index contributed by atoms with van der Waals surface area (Å²) >= 11 is 0. The molecule has 0 saturated carbocycles. The summed E-state index contributed by atoms with van der Waals surface area (Å²) in [6, 6.07) is 2.72. The fraction of sp³-hybridized carbons (Fsp3) is 0.389. The summed E-state index contributed by atoms with van der Waals surface area (Å²) in [5, 5.41) is 0. The zero-order chi connectivity index (χ0) is 23.0. The highest BCUT2D eigenvalue weighted by atomic mass is 19.4. The van der Waals surface area contributed by atoms with Crippen molar-refractivity contribution in [1.29, 1.82) is 0 Å². The van der Waals surface area contributed by atoms with Crippen LogP contribution >= 0.6 is 0 Å². The van der Waals surface area contributed by atoms with E-state index in [2.05, 4.69) is 9.87 Å². The van der Waals surface area contributed by atoms with Gasteiger partial charge in [-0.1, -0.05) is 0 Å². The van der Waals surface area contributed by atoms with Gasteiger partial charge < -0.3 is 4.74 Å². The Morgan fingerprint density at radius 2 is 1.35 bits per heavy atom. The van der Waals surface area contributed by atoms with Crippen LogP contribution in [0, 0.1) is 0 Å². The Bertz CT molecular complexity index is 892. The molecular formula is C18H12F9NO3. The molecule has 1 aliphatic rings. The molecule has 1 aromatic heterocycles. The highest BCUT2D eigenvalue weighted by molar-refractivity contribution is 5.35. The zero-order valence-corrected chi connectivity index (χ0v) is 15.1. The largest absolute Gasteiger partial charge is 0.433 e. The van der Waals surface area contributed by atoms with Crippen molar-refractivity contribution in [2.75, 3.05) is 6.79 Å². The predicted octanol–water partition coefficient (Wildman–Crippen LogP) is 6.25. The Hall–Kier alpha value is -2.38. The van der Waals surface area contributed by atoms with Gasteiger partial charge in [0, 0.05) is 12.6 Å². The Balaban J connectivity index is 1.98. The second-order valence-electron chi connectivity index (χ2n) is 6.52. The molecule has 1 aliphatic heterocycles. The van der Waals surface area contributed by atoms with Crippen molar-refractivity contribution in [2.45, 2.75) is 37.2 Å². The first-order valence-electron chi connectivity index (χ1n) is 8.47. The van der Waals surface area contributed by atoms with Crippen molar-refractivity contribution >= 4 is 0 Å². The molecule has 0 radical (unpaired) electrons. The maximum atomic E-state index is 13.1. The summed E-state index contributed by atoms with van der Waals surface area (Å²) in [4.78, 5) is 12.8. The maximum absolute atomic E-state index is 13.1. The van der Waals surface area contributed by atoms with E-state index in [-0.39, 0.29) is 11.6 Å². The molecule has 31 heavy (non-hydrogen) atoms. The fourth-order valence-corrected chi connectivity index (χ4v) is 2.91. The van der Waals surface area contributed by atoms with Crippen LogP contribution in [0.25, 0.3) is 0 Å². The first-order chi connectivity index (χ1) is 14.2. The average molecular weight is 461 g/mol. The fourth-order valence-electron chi connectivity index (χ4n) is 2.91. The molecule has 4 nitrogen and oxygen atoms in total. The number of ether oxygens (including phenoxy) is 1. The molecule has 2 unspecified atom stereocenters. The van der Waals surface area contributed by atoms with Crippen molar-refractivity contribution in [3.63, 3.8) is 0 Å². The quantitative estimate of drug-likeness (QED) is 0.392. The number of halogens is 9. The first kappa shape index (κ1) is 23.3.